The number of hydrogen-bond acceptors (Lipinski definition) is 4. The highest BCUT2D eigenvalue weighted by Gasteiger charge is 2.25. The van der Waals surface area contributed by atoms with E-state index in [1.165, 1.54) is 25.1 Å². The molecular formula is C15H17FO4. The normalized spacial score (nSPS) is 9.80. The van der Waals surface area contributed by atoms with Crippen LogP contribution in [0.5, 0.6) is 0 Å². The molecule has 0 fully saturated rings. The van der Waals surface area contributed by atoms with Crippen LogP contribution in [-0.4, -0.2) is 25.2 Å². The maximum absolute atomic E-state index is 13.8. The maximum Gasteiger partial charge on any atom is 0.345 e. The third-order valence-electron chi connectivity index (χ3n) is 2.61. The molecule has 5 heteroatoms. The van der Waals surface area contributed by atoms with Crippen molar-refractivity contribution in [3.63, 3.8) is 0 Å². The van der Waals surface area contributed by atoms with Crippen LogP contribution in [0, 0.1) is 5.82 Å². The van der Waals surface area contributed by atoms with Crippen molar-refractivity contribution in [2.45, 2.75) is 20.8 Å². The van der Waals surface area contributed by atoms with Crippen molar-refractivity contribution in [2.75, 3.05) is 13.2 Å². The minimum atomic E-state index is -0.813. The molecule has 0 aliphatic heterocycles. The molecule has 108 valence electrons. The van der Waals surface area contributed by atoms with E-state index in [-0.39, 0.29) is 29.9 Å². The third kappa shape index (κ3) is 3.66. The topological polar surface area (TPSA) is 52.6 Å². The van der Waals surface area contributed by atoms with Gasteiger partial charge in [0.2, 0.25) is 0 Å². The molecule has 0 saturated heterocycles. The fraction of sp³-hybridized carbons (Fsp3) is 0.333. The van der Waals surface area contributed by atoms with Gasteiger partial charge in [-0.1, -0.05) is 18.2 Å². The van der Waals surface area contributed by atoms with Gasteiger partial charge in [-0.15, -0.1) is 0 Å². The van der Waals surface area contributed by atoms with E-state index in [4.69, 9.17) is 9.47 Å². The van der Waals surface area contributed by atoms with E-state index in [1.807, 2.05) is 0 Å². The molecule has 0 atom stereocenters. The van der Waals surface area contributed by atoms with Gasteiger partial charge in [-0.25, -0.2) is 14.0 Å². The van der Waals surface area contributed by atoms with Crippen LogP contribution >= 0.6 is 0 Å². The molecular weight excluding hydrogens is 263 g/mol. The minimum absolute atomic E-state index is 0.117. The summed E-state index contributed by atoms with van der Waals surface area (Å²) >= 11 is 0. The molecule has 0 aliphatic rings. The average Bonchev–Trinajstić information content (AvgIpc) is 2.40. The number of benzene rings is 1. The lowest BCUT2D eigenvalue weighted by Gasteiger charge is -2.11. The van der Waals surface area contributed by atoms with E-state index < -0.39 is 17.8 Å². The number of rotatable bonds is 5. The summed E-state index contributed by atoms with van der Waals surface area (Å²) in [6.07, 6.45) is 0. The van der Waals surface area contributed by atoms with Crippen molar-refractivity contribution < 1.29 is 23.5 Å². The second kappa shape index (κ2) is 7.43. The molecule has 1 aromatic rings. The van der Waals surface area contributed by atoms with Gasteiger partial charge in [0.1, 0.15) is 11.4 Å². The standard InChI is InChI=1S/C15H17FO4/c1-4-19-14(17)13(15(18)20-5-2)10(3)11-8-6-7-9-12(11)16/h6-9H,4-5H2,1-3H3. The van der Waals surface area contributed by atoms with Crippen LogP contribution in [0.15, 0.2) is 29.8 Å². The van der Waals surface area contributed by atoms with Crippen LogP contribution in [0.1, 0.15) is 26.3 Å². The summed E-state index contributed by atoms with van der Waals surface area (Å²) < 4.78 is 23.4. The second-order valence-electron chi connectivity index (χ2n) is 3.92. The van der Waals surface area contributed by atoms with Crippen LogP contribution in [0.25, 0.3) is 5.57 Å². The van der Waals surface area contributed by atoms with Gasteiger partial charge < -0.3 is 9.47 Å². The highest BCUT2D eigenvalue weighted by molar-refractivity contribution is 6.19. The Morgan fingerprint density at radius 3 is 2.00 bits per heavy atom. The van der Waals surface area contributed by atoms with Crippen molar-refractivity contribution in [3.8, 4) is 0 Å². The van der Waals surface area contributed by atoms with Gasteiger partial charge in [0.05, 0.1) is 13.2 Å². The van der Waals surface area contributed by atoms with E-state index in [1.54, 1.807) is 19.9 Å². The fourth-order valence-corrected chi connectivity index (χ4v) is 1.70. The molecule has 0 bridgehead atoms. The zero-order valence-electron chi connectivity index (χ0n) is 11.7. The first-order valence-electron chi connectivity index (χ1n) is 6.32. The Balaban J connectivity index is 3.33. The van der Waals surface area contributed by atoms with Crippen molar-refractivity contribution in [1.29, 1.82) is 0 Å². The lowest BCUT2D eigenvalue weighted by Crippen LogP contribution is -2.20. The largest absolute Gasteiger partial charge is 0.462 e. The predicted octanol–water partition coefficient (Wildman–Crippen LogP) is 2.73. The molecule has 0 saturated carbocycles. The summed E-state index contributed by atoms with van der Waals surface area (Å²) in [5, 5.41) is 0. The first kappa shape index (κ1) is 15.9. The number of hydrogen-bond donors (Lipinski definition) is 0. The number of ether oxygens (including phenoxy) is 2. The number of esters is 2. The Labute approximate surface area is 117 Å². The summed E-state index contributed by atoms with van der Waals surface area (Å²) in [4.78, 5) is 23.8. The molecule has 0 heterocycles. The monoisotopic (exact) mass is 280 g/mol. The van der Waals surface area contributed by atoms with Crippen LogP contribution in [0.2, 0.25) is 0 Å². The molecule has 0 spiro atoms. The van der Waals surface area contributed by atoms with Crippen LogP contribution in [0.4, 0.5) is 4.39 Å². The van der Waals surface area contributed by atoms with Gasteiger partial charge in [0.25, 0.3) is 0 Å². The minimum Gasteiger partial charge on any atom is -0.462 e. The summed E-state index contributed by atoms with van der Waals surface area (Å²) in [7, 11) is 0. The molecule has 4 nitrogen and oxygen atoms in total. The third-order valence-corrected chi connectivity index (χ3v) is 2.61. The number of allylic oxidation sites excluding steroid dienone is 1. The molecule has 0 aromatic heterocycles. The zero-order valence-corrected chi connectivity index (χ0v) is 11.7. The van der Waals surface area contributed by atoms with E-state index in [2.05, 4.69) is 0 Å². The van der Waals surface area contributed by atoms with Gasteiger partial charge in [-0.2, -0.15) is 0 Å². The van der Waals surface area contributed by atoms with Crippen molar-refractivity contribution >= 4 is 17.5 Å². The van der Waals surface area contributed by atoms with E-state index >= 15 is 0 Å². The summed E-state index contributed by atoms with van der Waals surface area (Å²) in [6, 6.07) is 5.90. The number of halogens is 1. The molecule has 1 aromatic carbocycles. The van der Waals surface area contributed by atoms with Gasteiger partial charge in [-0.3, -0.25) is 0 Å². The van der Waals surface area contributed by atoms with Gasteiger partial charge in [0.15, 0.2) is 0 Å². The smallest absolute Gasteiger partial charge is 0.345 e. The Morgan fingerprint density at radius 2 is 1.55 bits per heavy atom. The molecule has 0 amide bonds. The fourth-order valence-electron chi connectivity index (χ4n) is 1.70. The molecule has 0 radical (unpaired) electrons. The summed E-state index contributed by atoms with van der Waals surface area (Å²) in [5.74, 6) is -2.14. The van der Waals surface area contributed by atoms with Crippen molar-refractivity contribution in [3.05, 3.63) is 41.2 Å². The Kier molecular flexibility index (Phi) is 5.90. The first-order valence-corrected chi connectivity index (χ1v) is 6.32. The van der Waals surface area contributed by atoms with Crippen LogP contribution < -0.4 is 0 Å². The Hall–Kier alpha value is -2.17. The van der Waals surface area contributed by atoms with Crippen molar-refractivity contribution in [1.82, 2.24) is 0 Å². The number of carbonyl (C=O) groups is 2. The summed E-state index contributed by atoms with van der Waals surface area (Å²) in [6.45, 7) is 4.97. The molecule has 0 N–H and O–H groups in total. The molecule has 1 rings (SSSR count). The molecule has 20 heavy (non-hydrogen) atoms. The zero-order chi connectivity index (χ0) is 15.1. The highest BCUT2D eigenvalue weighted by atomic mass is 19.1. The van der Waals surface area contributed by atoms with Crippen LogP contribution in [-0.2, 0) is 19.1 Å². The van der Waals surface area contributed by atoms with E-state index in [0.29, 0.717) is 0 Å². The highest BCUT2D eigenvalue weighted by Crippen LogP contribution is 2.23. The lowest BCUT2D eigenvalue weighted by atomic mass is 10.0. The predicted molar refractivity (Wildman–Crippen MR) is 72.3 cm³/mol. The SMILES string of the molecule is CCOC(=O)C(C(=O)OCC)=C(C)c1ccccc1F. The molecule has 0 aliphatic carbocycles. The molecule has 0 unspecified atom stereocenters. The van der Waals surface area contributed by atoms with Gasteiger partial charge in [0, 0.05) is 5.56 Å². The maximum atomic E-state index is 13.8. The van der Waals surface area contributed by atoms with Gasteiger partial charge >= 0.3 is 11.9 Å². The Morgan fingerprint density at radius 1 is 1.05 bits per heavy atom. The Bertz CT molecular complexity index is 514. The quantitative estimate of drug-likeness (QED) is 0.360. The average molecular weight is 280 g/mol. The second-order valence-corrected chi connectivity index (χ2v) is 3.92. The summed E-state index contributed by atoms with van der Waals surface area (Å²) in [5.41, 5.74) is 0.0856. The van der Waals surface area contributed by atoms with Crippen molar-refractivity contribution in [2.24, 2.45) is 0 Å². The van der Waals surface area contributed by atoms with Gasteiger partial charge in [-0.05, 0) is 32.4 Å². The number of carbonyl (C=O) groups excluding carboxylic acids is 2. The first-order chi connectivity index (χ1) is 9.52. The van der Waals surface area contributed by atoms with Crippen LogP contribution in [0.3, 0.4) is 0 Å². The van der Waals surface area contributed by atoms with E-state index in [9.17, 15) is 14.0 Å². The lowest BCUT2D eigenvalue weighted by molar-refractivity contribution is -0.146. The van der Waals surface area contributed by atoms with E-state index in [0.717, 1.165) is 0 Å².